The molecule has 2 aliphatic heterocycles. The molecule has 18 nitrogen and oxygen atoms in total. The molecular weight excluding hydrogens is 568 g/mol. The molecule has 8 N–H and O–H groups in total. The molecule has 4 aromatic rings. The molecule has 0 radical (unpaired) electrons. The normalized spacial score (nSPS) is 29.2. The van der Waals surface area contributed by atoms with Crippen molar-refractivity contribution in [2.75, 3.05) is 36.9 Å². The Bertz CT molecular complexity index is 1420. The van der Waals surface area contributed by atoms with Crippen LogP contribution in [0.1, 0.15) is 31.7 Å². The largest absolute Gasteiger partial charge is 0.394 e. The Kier molecular flexibility index (Phi) is 8.59. The highest BCUT2D eigenvalue weighted by Crippen LogP contribution is 2.33. The zero-order valence-electron chi connectivity index (χ0n) is 23.0. The second-order valence-corrected chi connectivity index (χ2v) is 10.5. The van der Waals surface area contributed by atoms with Crippen LogP contribution in [0.25, 0.3) is 22.3 Å². The summed E-state index contributed by atoms with van der Waals surface area (Å²) in [5, 5.41) is 66.2. The molecule has 0 amide bonds. The number of aromatic nitrogens is 8. The van der Waals surface area contributed by atoms with Gasteiger partial charge in [0.05, 0.1) is 25.9 Å². The summed E-state index contributed by atoms with van der Waals surface area (Å²) in [7, 11) is 0. The topological polar surface area (TPSA) is 251 Å². The summed E-state index contributed by atoms with van der Waals surface area (Å²) in [5.74, 6) is 1.06. The third-order valence-electron chi connectivity index (χ3n) is 7.74. The van der Waals surface area contributed by atoms with E-state index in [9.17, 15) is 30.6 Å². The number of unbranched alkanes of at least 4 members (excludes halogenated alkanes) is 2. The van der Waals surface area contributed by atoms with Crippen LogP contribution >= 0.6 is 0 Å². The van der Waals surface area contributed by atoms with E-state index in [-0.39, 0.29) is 0 Å². The molecule has 0 saturated carbocycles. The molecule has 43 heavy (non-hydrogen) atoms. The molecule has 2 saturated heterocycles. The first-order valence-corrected chi connectivity index (χ1v) is 14.0. The van der Waals surface area contributed by atoms with Crippen molar-refractivity contribution in [2.45, 2.75) is 68.3 Å². The number of aliphatic hydroxyl groups is 6. The molecule has 18 heteroatoms. The molecule has 0 spiro atoms. The Balaban J connectivity index is 0.995. The van der Waals surface area contributed by atoms with Crippen LogP contribution in [0.5, 0.6) is 0 Å². The zero-order valence-corrected chi connectivity index (χ0v) is 23.0. The van der Waals surface area contributed by atoms with Gasteiger partial charge in [-0.1, -0.05) is 0 Å². The van der Waals surface area contributed by atoms with Crippen molar-refractivity contribution >= 4 is 34.0 Å². The van der Waals surface area contributed by atoms with E-state index in [2.05, 4.69) is 40.5 Å². The lowest BCUT2D eigenvalue weighted by molar-refractivity contribution is -0.0511. The van der Waals surface area contributed by atoms with Gasteiger partial charge in [0.25, 0.3) is 0 Å². The molecule has 2 aliphatic rings. The maximum absolute atomic E-state index is 10.4. The smallest absolute Gasteiger partial charge is 0.167 e. The minimum absolute atomic E-state index is 0.425. The summed E-state index contributed by atoms with van der Waals surface area (Å²) in [6.45, 7) is 0.399. The zero-order chi connectivity index (χ0) is 30.1. The number of aliphatic hydroxyl groups excluding tert-OH is 6. The number of nitrogens with one attached hydrogen (secondary N) is 2. The van der Waals surface area contributed by atoms with Gasteiger partial charge in [0.15, 0.2) is 46.4 Å². The van der Waals surface area contributed by atoms with Gasteiger partial charge in [-0.15, -0.1) is 0 Å². The quantitative estimate of drug-likeness (QED) is 0.0807. The van der Waals surface area contributed by atoms with Gasteiger partial charge in [-0.05, 0) is 19.3 Å². The second kappa shape index (κ2) is 12.5. The lowest BCUT2D eigenvalue weighted by Gasteiger charge is -2.16. The lowest BCUT2D eigenvalue weighted by atomic mass is 10.1. The van der Waals surface area contributed by atoms with Crippen molar-refractivity contribution in [3.05, 3.63) is 25.3 Å². The van der Waals surface area contributed by atoms with E-state index in [1.807, 2.05) is 0 Å². The minimum atomic E-state index is -1.24. The number of fused-ring (bicyclic) bond motifs is 2. The van der Waals surface area contributed by atoms with Gasteiger partial charge in [-0.2, -0.15) is 0 Å². The maximum Gasteiger partial charge on any atom is 0.167 e. The second-order valence-electron chi connectivity index (χ2n) is 10.5. The standard InChI is InChI=1S/C25H34N10O8/c36-6-12-16(38)18(40)24(42-12)34-10-32-14-20(28-8-30-22(14)34)26-4-2-1-3-5-27-21-15-23(31-9-29-21)35(11-33-15)25-19(41)17(39)13(7-37)43-25/h8-13,16-19,24-25,36-41H,1-7H2,(H,26,28,30)(H,27,29,31)/t12-,13+,16-,17+,18-,19+,24?,25?. The van der Waals surface area contributed by atoms with Gasteiger partial charge >= 0.3 is 0 Å². The van der Waals surface area contributed by atoms with Gasteiger partial charge in [0.1, 0.15) is 49.3 Å². The number of imidazole rings is 2. The first-order valence-electron chi connectivity index (χ1n) is 14.0. The first-order chi connectivity index (χ1) is 20.9. The Labute approximate surface area is 244 Å². The summed E-state index contributed by atoms with van der Waals surface area (Å²) in [6.07, 6.45) is -0.389. The summed E-state index contributed by atoms with van der Waals surface area (Å²) >= 11 is 0. The van der Waals surface area contributed by atoms with Crippen molar-refractivity contribution in [1.82, 2.24) is 39.0 Å². The van der Waals surface area contributed by atoms with Gasteiger partial charge in [0, 0.05) is 13.1 Å². The lowest BCUT2D eigenvalue weighted by Crippen LogP contribution is -2.33. The molecule has 8 atom stereocenters. The van der Waals surface area contributed by atoms with Crippen LogP contribution in [0.2, 0.25) is 0 Å². The number of nitrogens with zero attached hydrogens (tertiary/aromatic N) is 8. The average molecular weight is 603 g/mol. The maximum atomic E-state index is 10.4. The summed E-state index contributed by atoms with van der Waals surface area (Å²) in [5.41, 5.74) is 1.83. The highest BCUT2D eigenvalue weighted by Gasteiger charge is 2.45. The summed E-state index contributed by atoms with van der Waals surface area (Å²) in [4.78, 5) is 25.8. The van der Waals surface area contributed by atoms with E-state index in [4.69, 9.17) is 9.47 Å². The molecule has 0 aromatic carbocycles. The number of anilines is 2. The van der Waals surface area contributed by atoms with Gasteiger partial charge in [0.2, 0.25) is 0 Å². The number of rotatable bonds is 12. The van der Waals surface area contributed by atoms with Crippen molar-refractivity contribution in [3.8, 4) is 0 Å². The van der Waals surface area contributed by atoms with Crippen LogP contribution in [0.4, 0.5) is 11.6 Å². The van der Waals surface area contributed by atoms with Crippen molar-refractivity contribution in [1.29, 1.82) is 0 Å². The van der Waals surface area contributed by atoms with Crippen LogP contribution in [0.3, 0.4) is 0 Å². The van der Waals surface area contributed by atoms with Crippen molar-refractivity contribution in [3.63, 3.8) is 0 Å². The van der Waals surface area contributed by atoms with Gasteiger partial charge < -0.3 is 50.7 Å². The molecular formula is C25H34N10O8. The molecule has 6 rings (SSSR count). The Morgan fingerprint density at radius 1 is 0.605 bits per heavy atom. The van der Waals surface area contributed by atoms with Crippen molar-refractivity contribution in [2.24, 2.45) is 0 Å². The van der Waals surface area contributed by atoms with E-state index < -0.39 is 62.3 Å². The predicted octanol–water partition coefficient (Wildman–Crippen LogP) is -2.12. The van der Waals surface area contributed by atoms with Gasteiger partial charge in [-0.3, -0.25) is 9.13 Å². The van der Waals surface area contributed by atoms with Crippen LogP contribution in [-0.2, 0) is 9.47 Å². The van der Waals surface area contributed by atoms with E-state index in [0.29, 0.717) is 47.1 Å². The Morgan fingerprint density at radius 2 is 1.05 bits per heavy atom. The van der Waals surface area contributed by atoms with E-state index in [0.717, 1.165) is 19.3 Å². The van der Waals surface area contributed by atoms with Crippen LogP contribution in [0, 0.1) is 0 Å². The number of hydrogen-bond acceptors (Lipinski definition) is 16. The fraction of sp³-hybridized carbons (Fsp3) is 0.600. The Morgan fingerprint density at radius 3 is 1.44 bits per heavy atom. The molecule has 2 unspecified atom stereocenters. The number of ether oxygens (including phenoxy) is 2. The minimum Gasteiger partial charge on any atom is -0.394 e. The first kappa shape index (κ1) is 29.5. The highest BCUT2D eigenvalue weighted by molar-refractivity contribution is 5.83. The van der Waals surface area contributed by atoms with Crippen LogP contribution in [0.15, 0.2) is 25.3 Å². The summed E-state index contributed by atoms with van der Waals surface area (Å²) in [6, 6.07) is 0. The molecule has 6 heterocycles. The van der Waals surface area contributed by atoms with Crippen molar-refractivity contribution < 1.29 is 40.1 Å². The highest BCUT2D eigenvalue weighted by atomic mass is 16.6. The summed E-state index contributed by atoms with van der Waals surface area (Å²) < 4.78 is 14.2. The van der Waals surface area contributed by atoms with Gasteiger partial charge in [-0.25, -0.2) is 29.9 Å². The molecule has 232 valence electrons. The fourth-order valence-corrected chi connectivity index (χ4v) is 5.40. The monoisotopic (exact) mass is 602 g/mol. The third kappa shape index (κ3) is 5.47. The average Bonchev–Trinajstić information content (AvgIpc) is 3.78. The molecule has 2 fully saturated rings. The predicted molar refractivity (Wildman–Crippen MR) is 147 cm³/mol. The van der Waals surface area contributed by atoms with E-state index in [1.54, 1.807) is 0 Å². The number of hydrogen-bond donors (Lipinski definition) is 8. The fourth-order valence-electron chi connectivity index (χ4n) is 5.40. The van der Waals surface area contributed by atoms with Crippen LogP contribution < -0.4 is 10.6 Å². The third-order valence-corrected chi connectivity index (χ3v) is 7.74. The van der Waals surface area contributed by atoms with E-state index in [1.165, 1.54) is 34.4 Å². The molecule has 4 aromatic heterocycles. The molecule has 0 aliphatic carbocycles. The SMILES string of the molecule is OC[C@@H]1OC(n2cnc3c(NCCCCCNc4ncnc5c4ncn5C4O[C@H](CO)[C@@H](O)[C@H]4O)ncnc32)[C@@H](O)[C@H]1O. The molecule has 0 bridgehead atoms. The van der Waals surface area contributed by atoms with Crippen LogP contribution in [-0.4, -0.2) is 133 Å². The Hall–Kier alpha value is -3.62. The van der Waals surface area contributed by atoms with E-state index >= 15 is 0 Å².